The van der Waals surface area contributed by atoms with Crippen molar-refractivity contribution in [3.8, 4) is 0 Å². The minimum absolute atomic E-state index is 0.0437. The maximum Gasteiger partial charge on any atom is 0.319 e. The van der Waals surface area contributed by atoms with E-state index < -0.39 is 0 Å². The first-order valence-electron chi connectivity index (χ1n) is 9.33. The van der Waals surface area contributed by atoms with Gasteiger partial charge in [-0.05, 0) is 31.1 Å². The molecule has 2 fully saturated rings. The highest BCUT2D eigenvalue weighted by molar-refractivity contribution is 5.79. The van der Waals surface area contributed by atoms with Crippen LogP contribution in [0.3, 0.4) is 0 Å². The number of hydrogen-bond acceptors (Lipinski definition) is 3. The van der Waals surface area contributed by atoms with Gasteiger partial charge in [-0.3, -0.25) is 4.79 Å². The Kier molecular flexibility index (Phi) is 6.90. The van der Waals surface area contributed by atoms with Crippen LogP contribution in [0.1, 0.15) is 33.1 Å². The molecule has 3 amide bonds. The van der Waals surface area contributed by atoms with Gasteiger partial charge in [0.1, 0.15) is 0 Å². The Morgan fingerprint density at radius 3 is 2.21 bits per heavy atom. The smallest absolute Gasteiger partial charge is 0.319 e. The summed E-state index contributed by atoms with van der Waals surface area (Å²) < 4.78 is 0. The van der Waals surface area contributed by atoms with Crippen LogP contribution in [0, 0.1) is 17.8 Å². The van der Waals surface area contributed by atoms with Gasteiger partial charge in [0.15, 0.2) is 0 Å². The van der Waals surface area contributed by atoms with Crippen molar-refractivity contribution in [3.63, 3.8) is 0 Å². The molecule has 1 N–H and O–H groups in total. The first-order chi connectivity index (χ1) is 11.4. The van der Waals surface area contributed by atoms with E-state index in [1.54, 1.807) is 19.0 Å². The van der Waals surface area contributed by atoms with Gasteiger partial charge in [0.05, 0.1) is 0 Å². The van der Waals surface area contributed by atoms with Gasteiger partial charge in [-0.25, -0.2) is 4.79 Å². The highest BCUT2D eigenvalue weighted by Gasteiger charge is 2.28. The second-order valence-corrected chi connectivity index (χ2v) is 7.93. The number of nitrogens with one attached hydrogen (secondary N) is 1. The molecule has 2 saturated heterocycles. The summed E-state index contributed by atoms with van der Waals surface area (Å²) in [5.41, 5.74) is 0. The standard InChI is InChI=1S/C18H34N4O2/c1-14-11-15(2)13-21(12-14)10-7-19-17(23)16-5-8-22(9-6-16)18(24)20(3)4/h14-16H,5-13H2,1-4H3,(H,19,23)/t14-,15-/m0/s1. The van der Waals surface area contributed by atoms with Crippen LogP contribution in [-0.2, 0) is 4.79 Å². The van der Waals surface area contributed by atoms with Crippen molar-refractivity contribution in [2.24, 2.45) is 17.8 Å². The minimum Gasteiger partial charge on any atom is -0.355 e. The zero-order valence-electron chi connectivity index (χ0n) is 15.8. The van der Waals surface area contributed by atoms with Gasteiger partial charge in [0.2, 0.25) is 5.91 Å². The van der Waals surface area contributed by atoms with E-state index in [1.165, 1.54) is 6.42 Å². The highest BCUT2D eigenvalue weighted by Crippen LogP contribution is 2.20. The Labute approximate surface area is 146 Å². The van der Waals surface area contributed by atoms with E-state index in [4.69, 9.17) is 0 Å². The highest BCUT2D eigenvalue weighted by atomic mass is 16.2. The van der Waals surface area contributed by atoms with Crippen molar-refractivity contribution in [2.75, 3.05) is 53.4 Å². The van der Waals surface area contributed by atoms with Crippen LogP contribution < -0.4 is 5.32 Å². The lowest BCUT2D eigenvalue weighted by atomic mass is 9.92. The summed E-state index contributed by atoms with van der Waals surface area (Å²) in [6, 6.07) is 0.0437. The van der Waals surface area contributed by atoms with E-state index >= 15 is 0 Å². The predicted octanol–water partition coefficient (Wildman–Crippen LogP) is 1.47. The molecule has 2 aliphatic heterocycles. The van der Waals surface area contributed by atoms with Crippen LogP contribution in [0.25, 0.3) is 0 Å². The number of rotatable bonds is 4. The van der Waals surface area contributed by atoms with Gasteiger partial charge in [-0.2, -0.15) is 0 Å². The fraction of sp³-hybridized carbons (Fsp3) is 0.889. The van der Waals surface area contributed by atoms with Crippen molar-refractivity contribution >= 4 is 11.9 Å². The summed E-state index contributed by atoms with van der Waals surface area (Å²) in [6.45, 7) is 9.94. The molecule has 0 aliphatic carbocycles. The molecular formula is C18H34N4O2. The molecule has 2 atom stereocenters. The lowest BCUT2D eigenvalue weighted by Crippen LogP contribution is -2.47. The average Bonchev–Trinajstić information content (AvgIpc) is 2.53. The van der Waals surface area contributed by atoms with Gasteiger partial charge in [0, 0.05) is 59.3 Å². The summed E-state index contributed by atoms with van der Waals surface area (Å²) >= 11 is 0. The Hall–Kier alpha value is -1.30. The van der Waals surface area contributed by atoms with Crippen molar-refractivity contribution in [1.29, 1.82) is 0 Å². The largest absolute Gasteiger partial charge is 0.355 e. The monoisotopic (exact) mass is 338 g/mol. The molecule has 6 heteroatoms. The predicted molar refractivity (Wildman–Crippen MR) is 95.8 cm³/mol. The number of carbonyl (C=O) groups excluding carboxylic acids is 2. The van der Waals surface area contributed by atoms with Crippen molar-refractivity contribution in [3.05, 3.63) is 0 Å². The third-order valence-corrected chi connectivity index (χ3v) is 5.19. The fourth-order valence-electron chi connectivity index (χ4n) is 4.07. The molecule has 0 saturated carbocycles. The van der Waals surface area contributed by atoms with E-state index in [2.05, 4.69) is 24.1 Å². The molecule has 0 aromatic heterocycles. The van der Waals surface area contributed by atoms with Crippen LogP contribution in [-0.4, -0.2) is 80.0 Å². The summed E-state index contributed by atoms with van der Waals surface area (Å²) in [4.78, 5) is 30.2. The third kappa shape index (κ3) is 5.36. The van der Waals surface area contributed by atoms with Crippen molar-refractivity contribution in [1.82, 2.24) is 20.0 Å². The van der Waals surface area contributed by atoms with Crippen LogP contribution in [0.2, 0.25) is 0 Å². The zero-order valence-corrected chi connectivity index (χ0v) is 15.8. The molecule has 0 aromatic carbocycles. The number of nitrogens with zero attached hydrogens (tertiary/aromatic N) is 3. The second kappa shape index (κ2) is 8.70. The first-order valence-corrected chi connectivity index (χ1v) is 9.33. The van der Waals surface area contributed by atoms with E-state index in [0.717, 1.165) is 50.9 Å². The fourth-order valence-corrected chi connectivity index (χ4v) is 4.07. The quantitative estimate of drug-likeness (QED) is 0.845. The van der Waals surface area contributed by atoms with Crippen LogP contribution in [0.5, 0.6) is 0 Å². The molecule has 2 rings (SSSR count). The van der Waals surface area contributed by atoms with E-state index in [9.17, 15) is 9.59 Å². The topological polar surface area (TPSA) is 55.9 Å². The number of amides is 3. The summed E-state index contributed by atoms with van der Waals surface area (Å²) in [6.07, 6.45) is 2.85. The van der Waals surface area contributed by atoms with Gasteiger partial charge in [0.25, 0.3) is 0 Å². The van der Waals surface area contributed by atoms with E-state index in [1.807, 2.05) is 4.90 Å². The average molecular weight is 338 g/mol. The maximum absolute atomic E-state index is 12.3. The minimum atomic E-state index is 0.0437. The van der Waals surface area contributed by atoms with Crippen LogP contribution >= 0.6 is 0 Å². The van der Waals surface area contributed by atoms with E-state index in [-0.39, 0.29) is 17.9 Å². The van der Waals surface area contributed by atoms with Gasteiger partial charge in [-0.1, -0.05) is 13.8 Å². The van der Waals surface area contributed by atoms with Gasteiger partial charge in [-0.15, -0.1) is 0 Å². The lowest BCUT2D eigenvalue weighted by Gasteiger charge is -2.35. The molecule has 0 aromatic rings. The molecule has 0 radical (unpaired) electrons. The molecule has 0 unspecified atom stereocenters. The summed E-state index contributed by atoms with van der Waals surface area (Å²) in [5.74, 6) is 1.71. The number of hydrogen-bond donors (Lipinski definition) is 1. The molecule has 6 nitrogen and oxygen atoms in total. The number of likely N-dealkylation sites (tertiary alicyclic amines) is 2. The molecule has 2 aliphatic rings. The van der Waals surface area contributed by atoms with Gasteiger partial charge >= 0.3 is 6.03 Å². The van der Waals surface area contributed by atoms with Crippen LogP contribution in [0.15, 0.2) is 0 Å². The SMILES string of the molecule is C[C@H]1C[C@H](C)CN(CCNC(=O)C2CCN(C(=O)N(C)C)CC2)C1. The molecule has 138 valence electrons. The number of piperidine rings is 2. The Bertz CT molecular complexity index is 423. The van der Waals surface area contributed by atoms with Crippen molar-refractivity contribution < 1.29 is 9.59 Å². The van der Waals surface area contributed by atoms with Gasteiger partial charge < -0.3 is 20.0 Å². The number of urea groups is 1. The molecule has 0 spiro atoms. The third-order valence-electron chi connectivity index (χ3n) is 5.19. The molecule has 2 heterocycles. The second-order valence-electron chi connectivity index (χ2n) is 7.93. The number of carbonyl (C=O) groups is 2. The first kappa shape index (κ1) is 19.0. The molecule has 0 bridgehead atoms. The summed E-state index contributed by atoms with van der Waals surface area (Å²) in [7, 11) is 3.53. The zero-order chi connectivity index (χ0) is 17.7. The normalized spacial score (nSPS) is 26.2. The maximum atomic E-state index is 12.3. The lowest BCUT2D eigenvalue weighted by molar-refractivity contribution is -0.126. The molecular weight excluding hydrogens is 304 g/mol. The van der Waals surface area contributed by atoms with E-state index in [0.29, 0.717) is 13.1 Å². The van der Waals surface area contributed by atoms with Crippen LogP contribution in [0.4, 0.5) is 4.79 Å². The summed E-state index contributed by atoms with van der Waals surface area (Å²) in [5, 5.41) is 3.10. The Balaban J connectivity index is 1.66. The Morgan fingerprint density at radius 2 is 1.67 bits per heavy atom. The Morgan fingerprint density at radius 1 is 1.08 bits per heavy atom. The molecule has 24 heavy (non-hydrogen) atoms. The van der Waals surface area contributed by atoms with Crippen molar-refractivity contribution in [2.45, 2.75) is 33.1 Å².